The van der Waals surface area contributed by atoms with Gasteiger partial charge in [0, 0.05) is 43.2 Å². The Balaban J connectivity index is 2.33. The van der Waals surface area contributed by atoms with Gasteiger partial charge in [-0.25, -0.2) is 0 Å². The normalized spacial score (nSPS) is 12.0. The van der Waals surface area contributed by atoms with Gasteiger partial charge < -0.3 is 15.6 Å². The van der Waals surface area contributed by atoms with Gasteiger partial charge in [0.25, 0.3) is 5.56 Å². The standard InChI is InChI=1S/C19H25N4O2/c1-13(18(24)21-10-9-20)11-17-22-19(25)14(2)15(3)23(17)12-16-7-5-4-6-8-16/h4-8,11,13H,9-10,12,20H2,1-3H3,(H,21,24). The summed E-state index contributed by atoms with van der Waals surface area (Å²) >= 11 is 0. The number of nitrogens with zero attached hydrogens (tertiary/aromatic N) is 2. The summed E-state index contributed by atoms with van der Waals surface area (Å²) in [5.74, 6) is -0.0425. The molecule has 3 N–H and O–H groups in total. The Kier molecular flexibility index (Phi) is 6.47. The molecule has 0 aliphatic carbocycles. The van der Waals surface area contributed by atoms with Gasteiger partial charge in [-0.15, -0.1) is 0 Å². The number of nitrogens with two attached hydrogens (primary N) is 1. The van der Waals surface area contributed by atoms with Crippen LogP contribution in [0.4, 0.5) is 0 Å². The molecule has 0 aliphatic heterocycles. The molecule has 1 aromatic heterocycles. The van der Waals surface area contributed by atoms with Gasteiger partial charge in [-0.1, -0.05) is 37.3 Å². The van der Waals surface area contributed by atoms with Gasteiger partial charge in [-0.3, -0.25) is 9.59 Å². The Morgan fingerprint density at radius 2 is 2.00 bits per heavy atom. The summed E-state index contributed by atoms with van der Waals surface area (Å²) in [7, 11) is 0. The number of hydrogen-bond acceptors (Lipinski definition) is 4. The van der Waals surface area contributed by atoms with Crippen molar-refractivity contribution in [3.05, 3.63) is 69.8 Å². The highest BCUT2D eigenvalue weighted by Gasteiger charge is 2.19. The first kappa shape index (κ1) is 18.9. The molecule has 133 valence electrons. The van der Waals surface area contributed by atoms with Crippen LogP contribution in [0, 0.1) is 26.2 Å². The van der Waals surface area contributed by atoms with Gasteiger partial charge in [0.05, 0.1) is 0 Å². The van der Waals surface area contributed by atoms with E-state index in [1.807, 2.05) is 41.8 Å². The second-order valence-electron chi connectivity index (χ2n) is 6.09. The van der Waals surface area contributed by atoms with Crippen molar-refractivity contribution in [3.8, 4) is 0 Å². The molecule has 2 rings (SSSR count). The quantitative estimate of drug-likeness (QED) is 0.791. The van der Waals surface area contributed by atoms with Crippen LogP contribution < -0.4 is 16.6 Å². The van der Waals surface area contributed by atoms with Crippen LogP contribution in [0.3, 0.4) is 0 Å². The van der Waals surface area contributed by atoms with E-state index in [-0.39, 0.29) is 11.5 Å². The minimum absolute atomic E-state index is 0.135. The maximum absolute atomic E-state index is 12.1. The lowest BCUT2D eigenvalue weighted by Gasteiger charge is -2.19. The maximum atomic E-state index is 12.1. The van der Waals surface area contributed by atoms with E-state index in [1.54, 1.807) is 20.3 Å². The van der Waals surface area contributed by atoms with Crippen LogP contribution in [0.25, 0.3) is 0 Å². The molecular formula is C19H25N4O2. The summed E-state index contributed by atoms with van der Waals surface area (Å²) in [5.41, 5.74) is 7.72. The molecule has 1 unspecified atom stereocenters. The van der Waals surface area contributed by atoms with E-state index in [2.05, 4.69) is 10.3 Å². The van der Waals surface area contributed by atoms with Crippen molar-refractivity contribution in [2.45, 2.75) is 27.3 Å². The first-order valence-electron chi connectivity index (χ1n) is 8.38. The fourth-order valence-corrected chi connectivity index (χ4v) is 2.53. The zero-order valence-electron chi connectivity index (χ0n) is 15.0. The molecule has 2 aromatic rings. The van der Waals surface area contributed by atoms with E-state index in [9.17, 15) is 9.59 Å². The first-order chi connectivity index (χ1) is 11.9. The van der Waals surface area contributed by atoms with Crippen molar-refractivity contribution in [3.63, 3.8) is 0 Å². The molecule has 1 heterocycles. The number of carbonyl (C=O) groups is 1. The van der Waals surface area contributed by atoms with Gasteiger partial charge in [0.1, 0.15) is 5.82 Å². The first-order valence-corrected chi connectivity index (χ1v) is 8.38. The van der Waals surface area contributed by atoms with Crippen LogP contribution >= 0.6 is 0 Å². The molecular weight excluding hydrogens is 316 g/mol. The summed E-state index contributed by atoms with van der Waals surface area (Å²) < 4.78 is 1.97. The van der Waals surface area contributed by atoms with Crippen molar-refractivity contribution < 1.29 is 4.79 Å². The van der Waals surface area contributed by atoms with E-state index in [1.165, 1.54) is 0 Å². The summed E-state index contributed by atoms with van der Waals surface area (Å²) in [5, 5.41) is 2.75. The summed E-state index contributed by atoms with van der Waals surface area (Å²) in [6, 6.07) is 9.95. The molecule has 0 aliphatic rings. The highest BCUT2D eigenvalue weighted by atomic mass is 16.2. The van der Waals surface area contributed by atoms with E-state index >= 15 is 0 Å². The minimum atomic E-state index is -0.414. The number of nitrogens with one attached hydrogen (secondary N) is 1. The molecule has 0 saturated carbocycles. The highest BCUT2D eigenvalue weighted by molar-refractivity contribution is 5.80. The Hall–Kier alpha value is -2.47. The number of benzene rings is 1. The zero-order chi connectivity index (χ0) is 18.4. The highest BCUT2D eigenvalue weighted by Crippen LogP contribution is 2.15. The SMILES string of the molecule is Cc1c(C)n(Cc2ccccc2)c([CH]C(C)C(=O)NCCN)nc1=O. The summed E-state index contributed by atoms with van der Waals surface area (Å²) in [6.07, 6.45) is 1.72. The van der Waals surface area contributed by atoms with Crippen LogP contribution in [0.15, 0.2) is 35.1 Å². The molecule has 6 nitrogen and oxygen atoms in total. The topological polar surface area (TPSA) is 90.0 Å². The van der Waals surface area contributed by atoms with Crippen LogP contribution in [0.5, 0.6) is 0 Å². The third-order valence-electron chi connectivity index (χ3n) is 4.20. The van der Waals surface area contributed by atoms with Gasteiger partial charge in [-0.2, -0.15) is 4.98 Å². The third kappa shape index (κ3) is 4.76. The Labute approximate surface area is 148 Å². The van der Waals surface area contributed by atoms with Crippen LogP contribution in [-0.4, -0.2) is 28.5 Å². The van der Waals surface area contributed by atoms with Crippen LogP contribution in [0.2, 0.25) is 0 Å². The second kappa shape index (κ2) is 8.58. The van der Waals surface area contributed by atoms with Crippen molar-refractivity contribution in [1.82, 2.24) is 14.9 Å². The second-order valence-corrected chi connectivity index (χ2v) is 6.09. The monoisotopic (exact) mass is 341 g/mol. The third-order valence-corrected chi connectivity index (χ3v) is 4.20. The fraction of sp³-hybridized carbons (Fsp3) is 0.368. The number of carbonyl (C=O) groups excluding carboxylic acids is 1. The molecule has 25 heavy (non-hydrogen) atoms. The average molecular weight is 341 g/mol. The number of hydrogen-bond donors (Lipinski definition) is 2. The largest absolute Gasteiger partial charge is 0.355 e. The molecule has 1 atom stereocenters. The fourth-order valence-electron chi connectivity index (χ4n) is 2.53. The number of rotatable bonds is 7. The molecule has 1 aromatic carbocycles. The number of amides is 1. The van der Waals surface area contributed by atoms with Crippen molar-refractivity contribution >= 4 is 5.91 Å². The Bertz CT molecular complexity index is 784. The van der Waals surface area contributed by atoms with Crippen molar-refractivity contribution in [2.24, 2.45) is 11.7 Å². The molecule has 1 radical (unpaired) electrons. The van der Waals surface area contributed by atoms with Crippen molar-refractivity contribution in [2.75, 3.05) is 13.1 Å². The van der Waals surface area contributed by atoms with Crippen molar-refractivity contribution in [1.29, 1.82) is 0 Å². The molecule has 0 fully saturated rings. The molecule has 6 heteroatoms. The van der Waals surface area contributed by atoms with Crippen LogP contribution in [-0.2, 0) is 11.3 Å². The van der Waals surface area contributed by atoms with E-state index < -0.39 is 5.92 Å². The van der Waals surface area contributed by atoms with E-state index in [0.717, 1.165) is 11.3 Å². The lowest BCUT2D eigenvalue weighted by Crippen LogP contribution is -2.34. The van der Waals surface area contributed by atoms with E-state index in [0.29, 0.717) is 31.0 Å². The van der Waals surface area contributed by atoms with E-state index in [4.69, 9.17) is 5.73 Å². The lowest BCUT2D eigenvalue weighted by atomic mass is 10.1. The Morgan fingerprint density at radius 3 is 2.64 bits per heavy atom. The smallest absolute Gasteiger partial charge is 0.276 e. The molecule has 0 bridgehead atoms. The molecule has 1 amide bonds. The maximum Gasteiger partial charge on any atom is 0.276 e. The van der Waals surface area contributed by atoms with Gasteiger partial charge in [0.15, 0.2) is 0 Å². The molecule has 0 spiro atoms. The lowest BCUT2D eigenvalue weighted by molar-refractivity contribution is -0.123. The number of aromatic nitrogens is 2. The predicted octanol–water partition coefficient (Wildman–Crippen LogP) is 1.17. The van der Waals surface area contributed by atoms with Gasteiger partial charge in [0.2, 0.25) is 5.91 Å². The van der Waals surface area contributed by atoms with Gasteiger partial charge in [-0.05, 0) is 19.4 Å². The molecule has 0 saturated heterocycles. The Morgan fingerprint density at radius 1 is 1.32 bits per heavy atom. The van der Waals surface area contributed by atoms with Crippen LogP contribution in [0.1, 0.15) is 29.6 Å². The summed E-state index contributed by atoms with van der Waals surface area (Å²) in [4.78, 5) is 28.4. The van der Waals surface area contributed by atoms with Gasteiger partial charge >= 0.3 is 0 Å². The average Bonchev–Trinajstić information content (AvgIpc) is 2.61. The summed E-state index contributed by atoms with van der Waals surface area (Å²) in [6.45, 7) is 6.85. The minimum Gasteiger partial charge on any atom is -0.355 e. The zero-order valence-corrected chi connectivity index (χ0v) is 15.0. The predicted molar refractivity (Wildman–Crippen MR) is 98.1 cm³/mol.